The standard InChI is InChI=1S/C11H11F6N/c12-10(13,14)9(11(15,16)17)8(18)6-7-4-2-1-3-5-7/h1-5,8-9H,6,18H2. The second kappa shape index (κ2) is 5.17. The van der Waals surface area contributed by atoms with E-state index in [4.69, 9.17) is 5.73 Å². The highest BCUT2D eigenvalue weighted by molar-refractivity contribution is 5.16. The molecule has 102 valence electrons. The van der Waals surface area contributed by atoms with Gasteiger partial charge in [-0.15, -0.1) is 0 Å². The largest absolute Gasteiger partial charge is 0.402 e. The van der Waals surface area contributed by atoms with Crippen LogP contribution in [0.1, 0.15) is 5.56 Å². The second-order valence-corrected chi connectivity index (χ2v) is 3.91. The summed E-state index contributed by atoms with van der Waals surface area (Å²) in [4.78, 5) is 0. The van der Waals surface area contributed by atoms with Gasteiger partial charge in [0.1, 0.15) is 0 Å². The van der Waals surface area contributed by atoms with Gasteiger partial charge in [-0.1, -0.05) is 30.3 Å². The lowest BCUT2D eigenvalue weighted by Gasteiger charge is -2.28. The van der Waals surface area contributed by atoms with Crippen LogP contribution in [-0.4, -0.2) is 18.4 Å². The van der Waals surface area contributed by atoms with E-state index >= 15 is 0 Å². The molecule has 0 saturated heterocycles. The van der Waals surface area contributed by atoms with Gasteiger partial charge in [0.05, 0.1) is 0 Å². The van der Waals surface area contributed by atoms with Gasteiger partial charge in [0.2, 0.25) is 0 Å². The molecule has 1 rings (SSSR count). The van der Waals surface area contributed by atoms with Crippen LogP contribution in [0.4, 0.5) is 26.3 Å². The molecule has 18 heavy (non-hydrogen) atoms. The Hall–Kier alpha value is -1.24. The quantitative estimate of drug-likeness (QED) is 0.839. The van der Waals surface area contributed by atoms with Crippen molar-refractivity contribution in [2.75, 3.05) is 0 Å². The summed E-state index contributed by atoms with van der Waals surface area (Å²) in [6.45, 7) is 0. The first-order chi connectivity index (χ1) is 8.12. The molecule has 0 aliphatic rings. The molecule has 1 aromatic rings. The predicted molar refractivity (Wildman–Crippen MR) is 53.7 cm³/mol. The first-order valence-electron chi connectivity index (χ1n) is 5.05. The maximum Gasteiger partial charge on any atom is 0.402 e. The number of hydrogen-bond donors (Lipinski definition) is 1. The summed E-state index contributed by atoms with van der Waals surface area (Å²) < 4.78 is 74.2. The summed E-state index contributed by atoms with van der Waals surface area (Å²) in [6.07, 6.45) is -11.3. The molecule has 1 atom stereocenters. The van der Waals surface area contributed by atoms with Crippen LogP contribution in [0.25, 0.3) is 0 Å². The van der Waals surface area contributed by atoms with Crippen molar-refractivity contribution in [2.24, 2.45) is 11.7 Å². The van der Waals surface area contributed by atoms with Crippen molar-refractivity contribution in [1.29, 1.82) is 0 Å². The molecule has 0 heterocycles. The highest BCUT2D eigenvalue weighted by Gasteiger charge is 2.59. The van der Waals surface area contributed by atoms with Gasteiger partial charge in [-0.3, -0.25) is 0 Å². The topological polar surface area (TPSA) is 26.0 Å². The molecule has 0 fully saturated rings. The van der Waals surface area contributed by atoms with Crippen LogP contribution in [-0.2, 0) is 6.42 Å². The fourth-order valence-corrected chi connectivity index (χ4v) is 1.68. The van der Waals surface area contributed by atoms with E-state index < -0.39 is 30.7 Å². The average molecular weight is 271 g/mol. The molecule has 0 aliphatic heterocycles. The maximum absolute atomic E-state index is 12.4. The monoisotopic (exact) mass is 271 g/mol. The summed E-state index contributed by atoms with van der Waals surface area (Å²) in [5.41, 5.74) is 5.42. The predicted octanol–water partition coefficient (Wildman–Crippen LogP) is 3.30. The van der Waals surface area contributed by atoms with E-state index in [1.54, 1.807) is 6.07 Å². The van der Waals surface area contributed by atoms with E-state index in [0.29, 0.717) is 5.56 Å². The van der Waals surface area contributed by atoms with E-state index in [1.165, 1.54) is 24.3 Å². The van der Waals surface area contributed by atoms with Crippen molar-refractivity contribution in [1.82, 2.24) is 0 Å². The Balaban J connectivity index is 2.88. The number of nitrogens with two attached hydrogens (primary N) is 1. The van der Waals surface area contributed by atoms with Crippen molar-refractivity contribution in [3.8, 4) is 0 Å². The maximum atomic E-state index is 12.4. The third-order valence-electron chi connectivity index (χ3n) is 2.45. The molecule has 7 heteroatoms. The van der Waals surface area contributed by atoms with Crippen molar-refractivity contribution in [3.63, 3.8) is 0 Å². The number of rotatable bonds is 3. The minimum atomic E-state index is -5.40. The van der Waals surface area contributed by atoms with Gasteiger partial charge in [-0.05, 0) is 12.0 Å². The first-order valence-corrected chi connectivity index (χ1v) is 5.05. The van der Waals surface area contributed by atoms with Crippen LogP contribution in [0.5, 0.6) is 0 Å². The van der Waals surface area contributed by atoms with Gasteiger partial charge in [0.15, 0.2) is 5.92 Å². The van der Waals surface area contributed by atoms with E-state index in [2.05, 4.69) is 0 Å². The van der Waals surface area contributed by atoms with Gasteiger partial charge >= 0.3 is 12.4 Å². The number of halogens is 6. The molecule has 0 saturated carbocycles. The molecule has 0 aromatic heterocycles. The van der Waals surface area contributed by atoms with Gasteiger partial charge in [0.25, 0.3) is 0 Å². The summed E-state index contributed by atoms with van der Waals surface area (Å²) in [6, 6.07) is 5.48. The lowest BCUT2D eigenvalue weighted by Crippen LogP contribution is -2.49. The first kappa shape index (κ1) is 14.8. The van der Waals surface area contributed by atoms with Crippen molar-refractivity contribution >= 4 is 0 Å². The number of benzene rings is 1. The molecule has 0 radical (unpaired) electrons. The molecule has 2 N–H and O–H groups in total. The minimum absolute atomic E-state index is 0.337. The molecule has 0 spiro atoms. The van der Waals surface area contributed by atoms with Crippen molar-refractivity contribution < 1.29 is 26.3 Å². The van der Waals surface area contributed by atoms with Crippen LogP contribution in [0.2, 0.25) is 0 Å². The zero-order valence-corrected chi connectivity index (χ0v) is 9.09. The molecule has 0 aliphatic carbocycles. The molecule has 1 aromatic carbocycles. The minimum Gasteiger partial charge on any atom is -0.327 e. The Kier molecular flexibility index (Phi) is 4.26. The van der Waals surface area contributed by atoms with Crippen LogP contribution in [0.3, 0.4) is 0 Å². The third kappa shape index (κ3) is 3.90. The molecule has 0 bridgehead atoms. The van der Waals surface area contributed by atoms with Crippen molar-refractivity contribution in [3.05, 3.63) is 35.9 Å². The molecule has 1 nitrogen and oxygen atoms in total. The fraction of sp³-hybridized carbons (Fsp3) is 0.455. The SMILES string of the molecule is NC(Cc1ccccc1)C(C(F)(F)F)C(F)(F)F. The molecular weight excluding hydrogens is 260 g/mol. The second-order valence-electron chi connectivity index (χ2n) is 3.91. The van der Waals surface area contributed by atoms with Gasteiger partial charge in [-0.25, -0.2) is 0 Å². The van der Waals surface area contributed by atoms with Crippen molar-refractivity contribution in [2.45, 2.75) is 24.8 Å². The summed E-state index contributed by atoms with van der Waals surface area (Å²) in [7, 11) is 0. The molecule has 0 amide bonds. The smallest absolute Gasteiger partial charge is 0.327 e. The Morgan fingerprint density at radius 2 is 1.33 bits per heavy atom. The van der Waals surface area contributed by atoms with E-state index in [-0.39, 0.29) is 0 Å². The van der Waals surface area contributed by atoms with Gasteiger partial charge < -0.3 is 5.73 Å². The summed E-state index contributed by atoms with van der Waals surface area (Å²) in [5, 5.41) is 0. The highest BCUT2D eigenvalue weighted by atomic mass is 19.4. The zero-order chi connectivity index (χ0) is 14.0. The van der Waals surface area contributed by atoms with Gasteiger partial charge in [0, 0.05) is 6.04 Å². The number of hydrogen-bond acceptors (Lipinski definition) is 1. The summed E-state index contributed by atoms with van der Waals surface area (Å²) in [5.74, 6) is -3.51. The highest BCUT2D eigenvalue weighted by Crippen LogP contribution is 2.41. The Labute approximate surface area is 99.6 Å². The van der Waals surface area contributed by atoms with Crippen LogP contribution in [0, 0.1) is 5.92 Å². The third-order valence-corrected chi connectivity index (χ3v) is 2.45. The zero-order valence-electron chi connectivity index (χ0n) is 9.09. The Morgan fingerprint density at radius 3 is 1.72 bits per heavy atom. The summed E-state index contributed by atoms with van der Waals surface area (Å²) >= 11 is 0. The lowest BCUT2D eigenvalue weighted by molar-refractivity contribution is -0.289. The van der Waals surface area contributed by atoms with Gasteiger partial charge in [-0.2, -0.15) is 26.3 Å². The van der Waals surface area contributed by atoms with E-state index in [0.717, 1.165) is 0 Å². The average Bonchev–Trinajstić information content (AvgIpc) is 2.13. The molecular formula is C11H11F6N. The van der Waals surface area contributed by atoms with Crippen LogP contribution < -0.4 is 5.73 Å². The molecule has 1 unspecified atom stereocenters. The fourth-order valence-electron chi connectivity index (χ4n) is 1.68. The number of alkyl halides is 6. The Morgan fingerprint density at radius 1 is 0.889 bits per heavy atom. The Bertz CT molecular complexity index is 355. The normalized spacial score (nSPS) is 14.9. The van der Waals surface area contributed by atoms with Crippen LogP contribution in [0.15, 0.2) is 30.3 Å². The van der Waals surface area contributed by atoms with E-state index in [1.807, 2.05) is 0 Å². The lowest BCUT2D eigenvalue weighted by atomic mass is 9.93. The van der Waals surface area contributed by atoms with Crippen LogP contribution >= 0.6 is 0 Å². The van der Waals surface area contributed by atoms with E-state index in [9.17, 15) is 26.3 Å².